The van der Waals surface area contributed by atoms with Gasteiger partial charge in [0.25, 0.3) is 0 Å². The molecule has 182 valence electrons. The normalized spacial score (nSPS) is 16.0. The third-order valence-electron chi connectivity index (χ3n) is 5.67. The number of piperazine rings is 1. The molecule has 1 aliphatic rings. The second-order valence-electron chi connectivity index (χ2n) is 8.75. The molecule has 0 radical (unpaired) electrons. The highest BCUT2D eigenvalue weighted by Gasteiger charge is 2.28. The SMILES string of the molecule is CC(C)CN(CCc1ccccc1)S(=O)(=O)c1ccc(N2CCN(S(C)(=O)=O)CC2)c(F)c1. The van der Waals surface area contributed by atoms with E-state index in [-0.39, 0.29) is 29.6 Å². The van der Waals surface area contributed by atoms with Crippen molar-refractivity contribution in [2.75, 3.05) is 50.4 Å². The van der Waals surface area contributed by atoms with E-state index in [0.717, 1.165) is 17.9 Å². The topological polar surface area (TPSA) is 78.0 Å². The molecule has 0 aromatic heterocycles. The van der Waals surface area contributed by atoms with Crippen LogP contribution in [0.15, 0.2) is 53.4 Å². The van der Waals surface area contributed by atoms with Crippen LogP contribution in [0, 0.1) is 11.7 Å². The van der Waals surface area contributed by atoms with E-state index in [0.29, 0.717) is 32.6 Å². The Hall–Kier alpha value is -2.01. The fourth-order valence-electron chi connectivity index (χ4n) is 3.93. The largest absolute Gasteiger partial charge is 0.367 e. The van der Waals surface area contributed by atoms with Gasteiger partial charge in [-0.2, -0.15) is 8.61 Å². The molecule has 1 saturated heterocycles. The zero-order valence-corrected chi connectivity index (χ0v) is 20.9. The molecular formula is C23H32FN3O4S2. The number of benzene rings is 2. The minimum atomic E-state index is -3.88. The minimum absolute atomic E-state index is 0.0766. The first kappa shape index (κ1) is 25.6. The van der Waals surface area contributed by atoms with Crippen LogP contribution in [0.5, 0.6) is 0 Å². The van der Waals surface area contributed by atoms with Gasteiger partial charge < -0.3 is 4.90 Å². The molecule has 0 saturated carbocycles. The Morgan fingerprint density at radius 2 is 1.61 bits per heavy atom. The van der Waals surface area contributed by atoms with E-state index in [9.17, 15) is 16.8 Å². The molecule has 7 nitrogen and oxygen atoms in total. The standard InChI is InChI=1S/C23H32FN3O4S2/c1-19(2)18-27(12-11-20-7-5-4-6-8-20)33(30,31)21-9-10-23(22(24)17-21)25-13-15-26(16-14-25)32(3,28)29/h4-10,17,19H,11-16,18H2,1-3H3. The van der Waals surface area contributed by atoms with Crippen LogP contribution >= 0.6 is 0 Å². The lowest BCUT2D eigenvalue weighted by Gasteiger charge is -2.35. The zero-order valence-electron chi connectivity index (χ0n) is 19.3. The van der Waals surface area contributed by atoms with Gasteiger partial charge in [0.15, 0.2) is 0 Å². The Labute approximate surface area is 196 Å². The number of anilines is 1. The number of nitrogens with zero attached hydrogens (tertiary/aromatic N) is 3. The van der Waals surface area contributed by atoms with Gasteiger partial charge in [0, 0.05) is 39.3 Å². The van der Waals surface area contributed by atoms with Crippen molar-refractivity contribution in [3.8, 4) is 0 Å². The van der Waals surface area contributed by atoms with Crippen molar-refractivity contribution < 1.29 is 21.2 Å². The van der Waals surface area contributed by atoms with Gasteiger partial charge >= 0.3 is 0 Å². The van der Waals surface area contributed by atoms with Gasteiger partial charge in [0.2, 0.25) is 20.0 Å². The van der Waals surface area contributed by atoms with Crippen molar-refractivity contribution >= 4 is 25.7 Å². The average Bonchev–Trinajstić information content (AvgIpc) is 2.76. The van der Waals surface area contributed by atoms with E-state index in [4.69, 9.17) is 0 Å². The Morgan fingerprint density at radius 1 is 0.970 bits per heavy atom. The van der Waals surface area contributed by atoms with Gasteiger partial charge in [0.1, 0.15) is 5.82 Å². The van der Waals surface area contributed by atoms with E-state index in [1.54, 1.807) is 4.90 Å². The highest BCUT2D eigenvalue weighted by Crippen LogP contribution is 2.26. The number of hydrogen-bond donors (Lipinski definition) is 0. The molecule has 2 aromatic carbocycles. The quantitative estimate of drug-likeness (QED) is 0.532. The van der Waals surface area contributed by atoms with Crippen LogP contribution in [0.1, 0.15) is 19.4 Å². The first-order valence-corrected chi connectivity index (χ1v) is 14.3. The molecule has 0 N–H and O–H groups in total. The van der Waals surface area contributed by atoms with E-state index in [2.05, 4.69) is 0 Å². The Balaban J connectivity index is 1.78. The maximum atomic E-state index is 15.0. The zero-order chi connectivity index (χ0) is 24.2. The van der Waals surface area contributed by atoms with Crippen molar-refractivity contribution in [3.05, 3.63) is 59.9 Å². The summed E-state index contributed by atoms with van der Waals surface area (Å²) in [5.74, 6) is -0.512. The molecule has 1 aliphatic heterocycles. The predicted octanol–water partition coefficient (Wildman–Crippen LogP) is 2.80. The van der Waals surface area contributed by atoms with Crippen molar-refractivity contribution in [2.24, 2.45) is 5.92 Å². The molecule has 33 heavy (non-hydrogen) atoms. The van der Waals surface area contributed by atoms with Gasteiger partial charge in [-0.25, -0.2) is 21.2 Å². The second-order valence-corrected chi connectivity index (χ2v) is 12.7. The van der Waals surface area contributed by atoms with Crippen molar-refractivity contribution in [3.63, 3.8) is 0 Å². The average molecular weight is 498 g/mol. The first-order chi connectivity index (χ1) is 15.5. The fraction of sp³-hybridized carbons (Fsp3) is 0.478. The summed E-state index contributed by atoms with van der Waals surface area (Å²) >= 11 is 0. The molecule has 2 aromatic rings. The molecule has 0 aliphatic carbocycles. The maximum absolute atomic E-state index is 15.0. The van der Waals surface area contributed by atoms with Gasteiger partial charge in [-0.05, 0) is 36.1 Å². The number of sulfonamides is 2. The number of halogens is 1. The van der Waals surface area contributed by atoms with Crippen molar-refractivity contribution in [1.29, 1.82) is 0 Å². The number of hydrogen-bond acceptors (Lipinski definition) is 5. The highest BCUT2D eigenvalue weighted by molar-refractivity contribution is 7.89. The maximum Gasteiger partial charge on any atom is 0.243 e. The highest BCUT2D eigenvalue weighted by atomic mass is 32.2. The van der Waals surface area contributed by atoms with Crippen LogP contribution in [0.3, 0.4) is 0 Å². The lowest BCUT2D eigenvalue weighted by atomic mass is 10.1. The Bertz CT molecular complexity index is 1150. The second kappa shape index (κ2) is 10.5. The van der Waals surface area contributed by atoms with Crippen LogP contribution in [0.2, 0.25) is 0 Å². The van der Waals surface area contributed by atoms with Crippen LogP contribution in [0.4, 0.5) is 10.1 Å². The summed E-state index contributed by atoms with van der Waals surface area (Å²) in [6.45, 7) is 5.75. The Kier molecular flexibility index (Phi) is 8.15. The number of rotatable bonds is 9. The minimum Gasteiger partial charge on any atom is -0.367 e. The van der Waals surface area contributed by atoms with Crippen LogP contribution in [0.25, 0.3) is 0 Å². The van der Waals surface area contributed by atoms with E-state index in [1.807, 2.05) is 44.2 Å². The summed E-state index contributed by atoms with van der Waals surface area (Å²) in [6.07, 6.45) is 1.72. The van der Waals surface area contributed by atoms with Crippen LogP contribution < -0.4 is 4.90 Å². The molecule has 0 amide bonds. The lowest BCUT2D eigenvalue weighted by molar-refractivity contribution is 0.369. The van der Waals surface area contributed by atoms with Crippen molar-refractivity contribution in [1.82, 2.24) is 8.61 Å². The molecule has 1 heterocycles. The molecule has 3 rings (SSSR count). The molecule has 0 atom stereocenters. The van der Waals surface area contributed by atoms with Gasteiger partial charge in [-0.3, -0.25) is 0 Å². The molecule has 0 bridgehead atoms. The molecule has 1 fully saturated rings. The van der Waals surface area contributed by atoms with E-state index < -0.39 is 25.9 Å². The van der Waals surface area contributed by atoms with Crippen LogP contribution in [-0.4, -0.2) is 71.0 Å². The monoisotopic (exact) mass is 497 g/mol. The van der Waals surface area contributed by atoms with Crippen LogP contribution in [-0.2, 0) is 26.5 Å². The summed E-state index contributed by atoms with van der Waals surface area (Å²) < 4.78 is 67.9. The molecule has 0 unspecified atom stereocenters. The predicted molar refractivity (Wildman–Crippen MR) is 129 cm³/mol. The summed E-state index contributed by atoms with van der Waals surface area (Å²) in [4.78, 5) is 1.67. The summed E-state index contributed by atoms with van der Waals surface area (Å²) in [6, 6.07) is 13.6. The van der Waals surface area contributed by atoms with Crippen molar-refractivity contribution in [2.45, 2.75) is 25.2 Å². The summed E-state index contributed by atoms with van der Waals surface area (Å²) in [5, 5.41) is 0. The molecule has 10 heteroatoms. The van der Waals surface area contributed by atoms with Gasteiger partial charge in [-0.1, -0.05) is 44.2 Å². The Morgan fingerprint density at radius 3 is 2.15 bits per heavy atom. The summed E-state index contributed by atoms with van der Waals surface area (Å²) in [7, 11) is -7.16. The first-order valence-electron chi connectivity index (χ1n) is 11.0. The third-order valence-corrected chi connectivity index (χ3v) is 8.83. The fourth-order valence-corrected chi connectivity index (χ4v) is 6.37. The van der Waals surface area contributed by atoms with Gasteiger partial charge in [-0.15, -0.1) is 0 Å². The summed E-state index contributed by atoms with van der Waals surface area (Å²) in [5.41, 5.74) is 1.32. The smallest absolute Gasteiger partial charge is 0.243 e. The van der Waals surface area contributed by atoms with Gasteiger partial charge in [0.05, 0.1) is 16.8 Å². The lowest BCUT2D eigenvalue weighted by Crippen LogP contribution is -2.48. The van der Waals surface area contributed by atoms with E-state index in [1.165, 1.54) is 20.7 Å². The molecule has 0 spiro atoms. The van der Waals surface area contributed by atoms with E-state index >= 15 is 4.39 Å². The third kappa shape index (κ3) is 6.53. The molecular weight excluding hydrogens is 465 g/mol.